The lowest BCUT2D eigenvalue weighted by Crippen LogP contribution is -2.52. The minimum Gasteiger partial charge on any atom is -0.384 e. The minimum absolute atomic E-state index is 0.0732. The van der Waals surface area contributed by atoms with E-state index in [-0.39, 0.29) is 34.9 Å². The highest BCUT2D eigenvalue weighted by Gasteiger charge is 2.61. The molecular weight excluding hydrogens is 567 g/mol. The molecule has 0 saturated heterocycles. The monoisotopic (exact) mass is 584 g/mol. The zero-order valence-corrected chi connectivity index (χ0v) is 21.5. The highest BCUT2D eigenvalue weighted by atomic mass is 79.9. The summed E-state index contributed by atoms with van der Waals surface area (Å²) < 4.78 is 16.4. The molecule has 0 radical (unpaired) electrons. The molecule has 1 spiro atoms. The normalized spacial score (nSPS) is 23.1. The SMILES string of the molecule is CC1(C)CC(=O)C2=C(C1)N(c1ccc(Br)cc1F)C(N)=C(C#N)C21C(=O)Nc2ccc(Br)cc21. The second-order valence-corrected chi connectivity index (χ2v) is 11.3. The number of fused-ring (bicyclic) bond motifs is 3. The van der Waals surface area contributed by atoms with E-state index in [0.717, 1.165) is 0 Å². The van der Waals surface area contributed by atoms with E-state index in [1.54, 1.807) is 24.3 Å². The van der Waals surface area contributed by atoms with Crippen LogP contribution in [0.1, 0.15) is 32.3 Å². The van der Waals surface area contributed by atoms with Crippen LogP contribution in [-0.2, 0) is 15.0 Å². The number of benzene rings is 2. The Balaban J connectivity index is 1.92. The quantitative estimate of drug-likeness (QED) is 0.467. The molecule has 172 valence electrons. The first-order valence-electron chi connectivity index (χ1n) is 10.5. The van der Waals surface area contributed by atoms with Gasteiger partial charge in [-0.25, -0.2) is 4.39 Å². The molecule has 1 amide bonds. The maximum Gasteiger partial charge on any atom is 0.245 e. The van der Waals surface area contributed by atoms with Gasteiger partial charge in [0, 0.05) is 37.9 Å². The van der Waals surface area contributed by atoms with Crippen LogP contribution < -0.4 is 16.0 Å². The molecule has 0 fully saturated rings. The predicted octanol–water partition coefficient (Wildman–Crippen LogP) is 5.40. The van der Waals surface area contributed by atoms with E-state index in [0.29, 0.717) is 32.3 Å². The molecular formula is C25H19Br2FN4O2. The van der Waals surface area contributed by atoms with Gasteiger partial charge >= 0.3 is 0 Å². The molecule has 2 aliphatic heterocycles. The number of nitrogens with two attached hydrogens (primary N) is 1. The molecule has 3 N–H and O–H groups in total. The number of allylic oxidation sites excluding steroid dienone is 1. The summed E-state index contributed by atoms with van der Waals surface area (Å²) in [5.74, 6) is -1.43. The molecule has 1 unspecified atom stereocenters. The van der Waals surface area contributed by atoms with E-state index in [1.165, 1.54) is 17.0 Å². The van der Waals surface area contributed by atoms with Gasteiger partial charge in [0.25, 0.3) is 0 Å². The number of hydrogen-bond donors (Lipinski definition) is 2. The molecule has 6 nitrogen and oxygen atoms in total. The van der Waals surface area contributed by atoms with Crippen LogP contribution in [0.5, 0.6) is 0 Å². The van der Waals surface area contributed by atoms with E-state index >= 15 is 4.39 Å². The first-order valence-corrected chi connectivity index (χ1v) is 12.1. The second-order valence-electron chi connectivity index (χ2n) is 9.46. The van der Waals surface area contributed by atoms with Crippen LogP contribution in [0, 0.1) is 22.6 Å². The third-order valence-corrected chi connectivity index (χ3v) is 7.59. The van der Waals surface area contributed by atoms with Crippen LogP contribution in [0.15, 0.2) is 68.0 Å². The molecule has 2 aromatic rings. The molecule has 1 atom stereocenters. The van der Waals surface area contributed by atoms with Gasteiger partial charge in [-0.1, -0.05) is 45.7 Å². The lowest BCUT2D eigenvalue weighted by molar-refractivity contribution is -0.123. The summed E-state index contributed by atoms with van der Waals surface area (Å²) in [6.45, 7) is 3.88. The molecule has 2 aromatic carbocycles. The molecule has 5 rings (SSSR count). The number of nitrogens with one attached hydrogen (secondary N) is 1. The number of carbonyl (C=O) groups excluding carboxylic acids is 2. The van der Waals surface area contributed by atoms with Crippen molar-refractivity contribution in [3.05, 3.63) is 79.4 Å². The van der Waals surface area contributed by atoms with Crippen molar-refractivity contribution in [1.29, 1.82) is 5.26 Å². The lowest BCUT2D eigenvalue weighted by Gasteiger charge is -2.46. The third kappa shape index (κ3) is 3.01. The Morgan fingerprint density at radius 1 is 1.12 bits per heavy atom. The van der Waals surface area contributed by atoms with E-state index in [4.69, 9.17) is 5.73 Å². The average Bonchev–Trinajstić information content (AvgIpc) is 3.00. The fraction of sp³-hybridized carbons (Fsp3) is 0.240. The number of nitriles is 1. The van der Waals surface area contributed by atoms with Crippen LogP contribution in [-0.4, -0.2) is 11.7 Å². The van der Waals surface area contributed by atoms with Gasteiger partial charge in [0.15, 0.2) is 5.78 Å². The number of halogens is 3. The van der Waals surface area contributed by atoms with Gasteiger partial charge in [-0.15, -0.1) is 0 Å². The number of ketones is 1. The van der Waals surface area contributed by atoms with Crippen molar-refractivity contribution in [2.45, 2.75) is 32.1 Å². The van der Waals surface area contributed by atoms with Gasteiger partial charge in [0.05, 0.1) is 11.3 Å². The van der Waals surface area contributed by atoms with E-state index in [9.17, 15) is 14.9 Å². The summed E-state index contributed by atoms with van der Waals surface area (Å²) in [7, 11) is 0. The Morgan fingerprint density at radius 3 is 2.47 bits per heavy atom. The van der Waals surface area contributed by atoms with Gasteiger partial charge in [-0.3, -0.25) is 14.5 Å². The summed E-state index contributed by atoms with van der Waals surface area (Å²) in [4.78, 5) is 28.9. The fourth-order valence-electron chi connectivity index (χ4n) is 5.33. The average molecular weight is 586 g/mol. The van der Waals surface area contributed by atoms with Gasteiger partial charge in [-0.05, 0) is 48.2 Å². The number of anilines is 2. The summed E-state index contributed by atoms with van der Waals surface area (Å²) in [5, 5.41) is 13.1. The van der Waals surface area contributed by atoms with E-state index < -0.39 is 22.6 Å². The summed E-state index contributed by atoms with van der Waals surface area (Å²) in [5.41, 5.74) is 6.02. The van der Waals surface area contributed by atoms with Crippen LogP contribution in [0.4, 0.5) is 15.8 Å². The fourth-order valence-corrected chi connectivity index (χ4v) is 6.02. The molecule has 34 heavy (non-hydrogen) atoms. The smallest absolute Gasteiger partial charge is 0.245 e. The van der Waals surface area contributed by atoms with Crippen molar-refractivity contribution in [3.63, 3.8) is 0 Å². The van der Waals surface area contributed by atoms with Crippen molar-refractivity contribution in [3.8, 4) is 6.07 Å². The largest absolute Gasteiger partial charge is 0.384 e. The highest BCUT2D eigenvalue weighted by Crippen LogP contribution is 2.57. The molecule has 1 aliphatic carbocycles. The Morgan fingerprint density at radius 2 is 1.79 bits per heavy atom. The van der Waals surface area contributed by atoms with Crippen molar-refractivity contribution >= 4 is 54.9 Å². The highest BCUT2D eigenvalue weighted by molar-refractivity contribution is 9.10. The molecule has 0 aromatic heterocycles. The number of rotatable bonds is 1. The maximum atomic E-state index is 15.2. The van der Waals surface area contributed by atoms with Crippen molar-refractivity contribution in [2.75, 3.05) is 10.2 Å². The van der Waals surface area contributed by atoms with Gasteiger partial charge < -0.3 is 11.1 Å². The minimum atomic E-state index is -1.71. The van der Waals surface area contributed by atoms with Gasteiger partial charge in [-0.2, -0.15) is 5.26 Å². The Labute approximate surface area is 212 Å². The van der Waals surface area contributed by atoms with Crippen LogP contribution in [0.3, 0.4) is 0 Å². The summed E-state index contributed by atoms with van der Waals surface area (Å²) in [6, 6.07) is 11.8. The van der Waals surface area contributed by atoms with Crippen LogP contribution in [0.2, 0.25) is 0 Å². The summed E-state index contributed by atoms with van der Waals surface area (Å²) >= 11 is 6.70. The molecule has 3 aliphatic rings. The zero-order valence-electron chi connectivity index (χ0n) is 18.3. The molecule has 9 heteroatoms. The van der Waals surface area contributed by atoms with Crippen LogP contribution >= 0.6 is 31.9 Å². The predicted molar refractivity (Wildman–Crippen MR) is 133 cm³/mol. The number of nitrogens with zero attached hydrogens (tertiary/aromatic N) is 2. The molecule has 0 bridgehead atoms. The van der Waals surface area contributed by atoms with Gasteiger partial charge in [0.1, 0.15) is 23.1 Å². The van der Waals surface area contributed by atoms with E-state index in [2.05, 4.69) is 43.2 Å². The first kappa shape index (κ1) is 22.8. The van der Waals surface area contributed by atoms with Gasteiger partial charge in [0.2, 0.25) is 5.91 Å². The summed E-state index contributed by atoms with van der Waals surface area (Å²) in [6.07, 6.45) is 0.542. The van der Waals surface area contributed by atoms with E-state index in [1.807, 2.05) is 13.8 Å². The van der Waals surface area contributed by atoms with Crippen molar-refractivity contribution in [1.82, 2.24) is 0 Å². The lowest BCUT2D eigenvalue weighted by atomic mass is 9.61. The van der Waals surface area contributed by atoms with Crippen molar-refractivity contribution < 1.29 is 14.0 Å². The molecule has 0 saturated carbocycles. The standard InChI is InChI=1S/C25H19Br2FN4O2/c1-24(2)9-19-21(20(33)10-24)25(14-7-12(26)3-5-17(14)31-23(25)34)15(11-29)22(30)32(19)18-6-4-13(27)8-16(18)28/h3-8H,9-10,30H2,1-2H3,(H,31,34). The number of hydrogen-bond acceptors (Lipinski definition) is 5. The Hall–Kier alpha value is -2.96. The number of Topliss-reactive ketones (excluding diaryl/α,β-unsaturated/α-hetero) is 1. The first-order chi connectivity index (χ1) is 16.0. The Bertz CT molecular complexity index is 1420. The van der Waals surface area contributed by atoms with Crippen molar-refractivity contribution in [2.24, 2.45) is 11.1 Å². The Kier molecular flexibility index (Phi) is 5.05. The zero-order chi connectivity index (χ0) is 24.6. The third-order valence-electron chi connectivity index (χ3n) is 6.61. The van der Waals surface area contributed by atoms with Crippen LogP contribution in [0.25, 0.3) is 0 Å². The second kappa shape index (κ2) is 7.52. The molecule has 2 heterocycles. The number of carbonyl (C=O) groups is 2. The number of amides is 1. The topological polar surface area (TPSA) is 99.2 Å². The maximum absolute atomic E-state index is 15.2.